The lowest BCUT2D eigenvalue weighted by molar-refractivity contribution is 0.188. The second-order valence-electron chi connectivity index (χ2n) is 5.17. The molecule has 1 aliphatic rings. The van der Waals surface area contributed by atoms with Crippen LogP contribution < -0.4 is 11.3 Å². The zero-order chi connectivity index (χ0) is 13.2. The Bertz CT molecular complexity index is 414. The summed E-state index contributed by atoms with van der Waals surface area (Å²) in [5, 5.41) is 1.22. The van der Waals surface area contributed by atoms with E-state index in [0.29, 0.717) is 10.0 Å². The molecule has 4 heteroatoms. The minimum atomic E-state index is 0.0798. The van der Waals surface area contributed by atoms with Crippen molar-refractivity contribution >= 4 is 23.2 Å². The van der Waals surface area contributed by atoms with Gasteiger partial charge in [-0.3, -0.25) is 11.3 Å². The molecule has 100 valence electrons. The lowest BCUT2D eigenvalue weighted by Gasteiger charge is -2.37. The Balaban J connectivity index is 2.41. The minimum absolute atomic E-state index is 0.0798. The van der Waals surface area contributed by atoms with Crippen LogP contribution in [0, 0.1) is 5.41 Å². The molecule has 2 nitrogen and oxygen atoms in total. The molecular formula is C14H20Cl2N2. The normalized spacial score (nSPS) is 20.0. The number of rotatable bonds is 4. The van der Waals surface area contributed by atoms with Gasteiger partial charge in [0.05, 0.1) is 16.1 Å². The molecule has 1 aromatic rings. The maximum absolute atomic E-state index is 6.34. The fourth-order valence-corrected chi connectivity index (χ4v) is 3.68. The van der Waals surface area contributed by atoms with Gasteiger partial charge in [-0.15, -0.1) is 0 Å². The van der Waals surface area contributed by atoms with Crippen molar-refractivity contribution in [3.05, 3.63) is 33.8 Å². The van der Waals surface area contributed by atoms with E-state index in [0.717, 1.165) is 12.0 Å². The molecule has 0 aliphatic heterocycles. The molecule has 0 saturated heterocycles. The number of benzene rings is 1. The quantitative estimate of drug-likeness (QED) is 0.633. The van der Waals surface area contributed by atoms with Crippen LogP contribution in [0.2, 0.25) is 10.0 Å². The first kappa shape index (κ1) is 14.1. The molecule has 0 spiro atoms. The van der Waals surface area contributed by atoms with Crippen LogP contribution in [0.4, 0.5) is 0 Å². The molecule has 1 saturated carbocycles. The summed E-state index contributed by atoms with van der Waals surface area (Å²) in [5.41, 5.74) is 4.21. The van der Waals surface area contributed by atoms with Crippen molar-refractivity contribution in [2.24, 2.45) is 11.3 Å². The summed E-state index contributed by atoms with van der Waals surface area (Å²) < 4.78 is 0. The first-order valence-corrected chi connectivity index (χ1v) is 7.30. The van der Waals surface area contributed by atoms with Crippen LogP contribution in [0.5, 0.6) is 0 Å². The summed E-state index contributed by atoms with van der Waals surface area (Å²) in [6, 6.07) is 5.85. The summed E-state index contributed by atoms with van der Waals surface area (Å²) in [6.45, 7) is 2.23. The van der Waals surface area contributed by atoms with E-state index in [1.54, 1.807) is 0 Å². The molecule has 0 amide bonds. The van der Waals surface area contributed by atoms with E-state index in [-0.39, 0.29) is 11.5 Å². The highest BCUT2D eigenvalue weighted by Gasteiger charge is 2.41. The lowest BCUT2D eigenvalue weighted by atomic mass is 9.73. The molecule has 1 unspecified atom stereocenters. The lowest BCUT2D eigenvalue weighted by Crippen LogP contribution is -2.40. The molecule has 1 aromatic carbocycles. The Morgan fingerprint density at radius 2 is 2.00 bits per heavy atom. The highest BCUT2D eigenvalue weighted by molar-refractivity contribution is 6.42. The molecule has 2 rings (SSSR count). The second kappa shape index (κ2) is 5.79. The van der Waals surface area contributed by atoms with Crippen molar-refractivity contribution in [3.63, 3.8) is 0 Å². The average Bonchev–Trinajstić information content (AvgIpc) is 2.85. The molecule has 1 aliphatic carbocycles. The minimum Gasteiger partial charge on any atom is -0.271 e. The van der Waals surface area contributed by atoms with Crippen LogP contribution in [0.15, 0.2) is 18.2 Å². The number of nitrogens with one attached hydrogen (secondary N) is 1. The molecule has 0 aromatic heterocycles. The first-order valence-electron chi connectivity index (χ1n) is 6.54. The van der Waals surface area contributed by atoms with Crippen LogP contribution in [0.3, 0.4) is 0 Å². The largest absolute Gasteiger partial charge is 0.271 e. The van der Waals surface area contributed by atoms with Gasteiger partial charge in [-0.05, 0) is 36.3 Å². The van der Waals surface area contributed by atoms with E-state index >= 15 is 0 Å². The predicted octanol–water partition coefficient (Wildman–Crippen LogP) is 4.47. The second-order valence-corrected chi connectivity index (χ2v) is 5.95. The van der Waals surface area contributed by atoms with Crippen LogP contribution >= 0.6 is 23.2 Å². The van der Waals surface area contributed by atoms with Gasteiger partial charge >= 0.3 is 0 Å². The van der Waals surface area contributed by atoms with Gasteiger partial charge < -0.3 is 0 Å². The maximum atomic E-state index is 6.34. The third-order valence-corrected chi connectivity index (χ3v) is 5.21. The summed E-state index contributed by atoms with van der Waals surface area (Å²) in [6.07, 6.45) is 6.03. The standard InChI is InChI=1S/C14H20Cl2N2/c1-2-14(8-3-4-9-14)13(18-17)10-6-5-7-11(15)12(10)16/h5-7,13,18H,2-4,8-9,17H2,1H3. The van der Waals surface area contributed by atoms with Crippen molar-refractivity contribution < 1.29 is 0 Å². The summed E-state index contributed by atoms with van der Waals surface area (Å²) >= 11 is 12.4. The van der Waals surface area contributed by atoms with Crippen molar-refractivity contribution in [3.8, 4) is 0 Å². The van der Waals surface area contributed by atoms with E-state index < -0.39 is 0 Å². The van der Waals surface area contributed by atoms with Gasteiger partial charge in [-0.25, -0.2) is 0 Å². The van der Waals surface area contributed by atoms with Crippen LogP contribution in [0.25, 0.3) is 0 Å². The Morgan fingerprint density at radius 1 is 1.33 bits per heavy atom. The van der Waals surface area contributed by atoms with Gasteiger partial charge in [0.25, 0.3) is 0 Å². The average molecular weight is 287 g/mol. The fraction of sp³-hybridized carbons (Fsp3) is 0.571. The molecule has 18 heavy (non-hydrogen) atoms. The summed E-state index contributed by atoms with van der Waals surface area (Å²) in [5.74, 6) is 5.81. The number of hydrazine groups is 1. The molecular weight excluding hydrogens is 267 g/mol. The van der Waals surface area contributed by atoms with Crippen molar-refractivity contribution in [2.75, 3.05) is 0 Å². The van der Waals surface area contributed by atoms with Crippen LogP contribution in [-0.2, 0) is 0 Å². The monoisotopic (exact) mass is 286 g/mol. The van der Waals surface area contributed by atoms with Gasteiger partial charge in [0.15, 0.2) is 0 Å². The van der Waals surface area contributed by atoms with Gasteiger partial charge in [0.2, 0.25) is 0 Å². The predicted molar refractivity (Wildman–Crippen MR) is 77.7 cm³/mol. The van der Waals surface area contributed by atoms with Gasteiger partial charge in [-0.1, -0.05) is 55.1 Å². The van der Waals surface area contributed by atoms with Crippen molar-refractivity contribution in [1.82, 2.24) is 5.43 Å². The number of hydrogen-bond acceptors (Lipinski definition) is 2. The summed E-state index contributed by atoms with van der Waals surface area (Å²) in [7, 11) is 0. The third-order valence-electron chi connectivity index (χ3n) is 4.37. The maximum Gasteiger partial charge on any atom is 0.0640 e. The molecule has 1 fully saturated rings. The van der Waals surface area contributed by atoms with E-state index in [1.807, 2.05) is 18.2 Å². The van der Waals surface area contributed by atoms with E-state index in [2.05, 4.69) is 12.3 Å². The van der Waals surface area contributed by atoms with Crippen molar-refractivity contribution in [1.29, 1.82) is 0 Å². The Kier molecular flexibility index (Phi) is 4.54. The van der Waals surface area contributed by atoms with Gasteiger partial charge in [0, 0.05) is 0 Å². The number of hydrogen-bond donors (Lipinski definition) is 2. The Morgan fingerprint density at radius 3 is 2.56 bits per heavy atom. The highest BCUT2D eigenvalue weighted by Crippen LogP contribution is 2.51. The van der Waals surface area contributed by atoms with Gasteiger partial charge in [0.1, 0.15) is 0 Å². The van der Waals surface area contributed by atoms with E-state index in [9.17, 15) is 0 Å². The smallest absolute Gasteiger partial charge is 0.0640 e. The van der Waals surface area contributed by atoms with Crippen LogP contribution in [-0.4, -0.2) is 0 Å². The summed E-state index contributed by atoms with van der Waals surface area (Å²) in [4.78, 5) is 0. The molecule has 3 N–H and O–H groups in total. The van der Waals surface area contributed by atoms with Crippen molar-refractivity contribution in [2.45, 2.75) is 45.1 Å². The Hall–Kier alpha value is -0.280. The molecule has 1 atom stereocenters. The molecule has 0 heterocycles. The molecule has 0 radical (unpaired) electrons. The Labute approximate surface area is 119 Å². The van der Waals surface area contributed by atoms with Gasteiger partial charge in [-0.2, -0.15) is 0 Å². The fourth-order valence-electron chi connectivity index (χ4n) is 3.27. The van der Waals surface area contributed by atoms with Crippen LogP contribution in [0.1, 0.15) is 50.6 Å². The first-order chi connectivity index (χ1) is 8.64. The number of halogens is 2. The zero-order valence-electron chi connectivity index (χ0n) is 10.7. The highest BCUT2D eigenvalue weighted by atomic mass is 35.5. The third kappa shape index (κ3) is 2.39. The topological polar surface area (TPSA) is 38.0 Å². The number of nitrogens with two attached hydrogens (primary N) is 1. The zero-order valence-corrected chi connectivity index (χ0v) is 12.2. The van der Waals surface area contributed by atoms with E-state index in [1.165, 1.54) is 25.7 Å². The van der Waals surface area contributed by atoms with E-state index in [4.69, 9.17) is 29.0 Å². The molecule has 0 bridgehead atoms. The SMILES string of the molecule is CCC1(C(NN)c2cccc(Cl)c2Cl)CCCC1.